The maximum Gasteiger partial charge on any atom is 0.573 e. The summed E-state index contributed by atoms with van der Waals surface area (Å²) in [7, 11) is 1.89. The van der Waals surface area contributed by atoms with Gasteiger partial charge in [-0.2, -0.15) is 0 Å². The van der Waals surface area contributed by atoms with Crippen molar-refractivity contribution < 1.29 is 17.9 Å². The second kappa shape index (κ2) is 7.41. The van der Waals surface area contributed by atoms with E-state index in [2.05, 4.69) is 14.9 Å². The van der Waals surface area contributed by atoms with Crippen molar-refractivity contribution in [3.63, 3.8) is 0 Å². The van der Waals surface area contributed by atoms with Crippen LogP contribution in [-0.4, -0.2) is 21.1 Å². The third-order valence-electron chi connectivity index (χ3n) is 3.75. The first-order valence-corrected chi connectivity index (χ1v) is 8.75. The lowest BCUT2D eigenvalue weighted by molar-refractivity contribution is -0.274. The number of hydrogen-bond acceptors (Lipinski definition) is 4. The lowest BCUT2D eigenvalue weighted by Crippen LogP contribution is -2.16. The van der Waals surface area contributed by atoms with E-state index < -0.39 is 6.36 Å². The molecule has 0 aliphatic heterocycles. The molecule has 2 aromatic carbocycles. The highest BCUT2D eigenvalue weighted by molar-refractivity contribution is 7.98. The fourth-order valence-electron chi connectivity index (χ4n) is 2.43. The Kier molecular flexibility index (Phi) is 5.22. The number of thioether (sulfide) groups is 1. The predicted octanol–water partition coefficient (Wildman–Crippen LogP) is 4.98. The molecule has 0 N–H and O–H groups in total. The Morgan fingerprint density at radius 2 is 1.73 bits per heavy atom. The highest BCUT2D eigenvalue weighted by Gasteiger charge is 2.30. The molecule has 0 fully saturated rings. The summed E-state index contributed by atoms with van der Waals surface area (Å²) < 4.78 is 42.3. The molecule has 3 rings (SSSR count). The number of hydrogen-bond donors (Lipinski definition) is 0. The Labute approximate surface area is 153 Å². The summed E-state index contributed by atoms with van der Waals surface area (Å²) in [6.07, 6.45) is -4.68. The van der Waals surface area contributed by atoms with Crippen molar-refractivity contribution >= 4 is 11.8 Å². The lowest BCUT2D eigenvalue weighted by atomic mass is 10.1. The van der Waals surface area contributed by atoms with Crippen molar-refractivity contribution in [2.24, 2.45) is 7.05 Å². The molecule has 0 aliphatic carbocycles. The van der Waals surface area contributed by atoms with E-state index >= 15 is 0 Å². The van der Waals surface area contributed by atoms with E-state index in [1.165, 1.54) is 23.9 Å². The maximum absolute atomic E-state index is 12.2. The zero-order valence-corrected chi connectivity index (χ0v) is 14.9. The molecule has 0 amide bonds. The highest BCUT2D eigenvalue weighted by atomic mass is 32.2. The van der Waals surface area contributed by atoms with Crippen LogP contribution in [-0.2, 0) is 12.8 Å². The largest absolute Gasteiger partial charge is 0.573 e. The maximum atomic E-state index is 12.2. The normalized spacial score (nSPS) is 11.6. The van der Waals surface area contributed by atoms with Gasteiger partial charge in [-0.3, -0.25) is 0 Å². The summed E-state index contributed by atoms with van der Waals surface area (Å²) in [5.74, 6) is 1.11. The number of aromatic nitrogens is 3. The molecular formula is C18H16F3N3OS. The Hall–Kier alpha value is -2.48. The fraction of sp³-hybridized carbons (Fsp3) is 0.222. The predicted molar refractivity (Wildman–Crippen MR) is 93.9 cm³/mol. The molecule has 136 valence electrons. The molecule has 3 aromatic rings. The summed E-state index contributed by atoms with van der Waals surface area (Å²) in [6.45, 7) is 2.02. The minimum absolute atomic E-state index is 0.230. The number of halogens is 3. The number of benzene rings is 2. The molecule has 0 saturated carbocycles. The molecule has 0 aliphatic rings. The molecule has 4 nitrogen and oxygen atoms in total. The molecule has 8 heteroatoms. The molecule has 26 heavy (non-hydrogen) atoms. The van der Waals surface area contributed by atoms with Crippen molar-refractivity contribution in [1.82, 2.24) is 14.8 Å². The molecule has 0 bridgehead atoms. The van der Waals surface area contributed by atoms with Crippen molar-refractivity contribution in [2.75, 3.05) is 0 Å². The molecule has 0 unspecified atom stereocenters. The topological polar surface area (TPSA) is 39.9 Å². The van der Waals surface area contributed by atoms with Crippen molar-refractivity contribution in [2.45, 2.75) is 24.2 Å². The minimum atomic E-state index is -4.68. The monoisotopic (exact) mass is 379 g/mol. The number of alkyl halides is 3. The highest BCUT2D eigenvalue weighted by Crippen LogP contribution is 2.28. The molecular weight excluding hydrogens is 363 g/mol. The summed E-state index contributed by atoms with van der Waals surface area (Å²) in [5, 5.41) is 9.21. The van der Waals surface area contributed by atoms with Gasteiger partial charge in [-0.15, -0.1) is 23.4 Å². The van der Waals surface area contributed by atoms with E-state index in [-0.39, 0.29) is 5.75 Å². The quantitative estimate of drug-likeness (QED) is 0.586. The second-order valence-corrected chi connectivity index (χ2v) is 6.60. The van der Waals surface area contributed by atoms with E-state index in [1.807, 2.05) is 42.8 Å². The van der Waals surface area contributed by atoms with Crippen LogP contribution in [0.15, 0.2) is 53.7 Å². The van der Waals surface area contributed by atoms with Gasteiger partial charge in [0.1, 0.15) is 5.75 Å². The molecule has 0 atom stereocenters. The Balaban J connectivity index is 1.68. The SMILES string of the molecule is Cc1ccccc1-c1nnc(SCc2ccc(OC(F)(F)F)cc2)n1C. The molecule has 0 spiro atoms. The van der Waals surface area contributed by atoms with E-state index in [0.717, 1.165) is 27.7 Å². The van der Waals surface area contributed by atoms with Crippen molar-refractivity contribution in [1.29, 1.82) is 0 Å². The van der Waals surface area contributed by atoms with E-state index in [9.17, 15) is 13.2 Å². The van der Waals surface area contributed by atoms with Crippen LogP contribution in [0.1, 0.15) is 11.1 Å². The Bertz CT molecular complexity index is 891. The van der Waals surface area contributed by atoms with Crippen molar-refractivity contribution in [3.05, 3.63) is 59.7 Å². The summed E-state index contributed by atoms with van der Waals surface area (Å²) in [4.78, 5) is 0. The van der Waals surface area contributed by atoms with Crippen LogP contribution in [0.25, 0.3) is 11.4 Å². The van der Waals surface area contributed by atoms with Crippen LogP contribution in [0.3, 0.4) is 0 Å². The number of ether oxygens (including phenoxy) is 1. The van der Waals surface area contributed by atoms with E-state index in [1.54, 1.807) is 12.1 Å². The van der Waals surface area contributed by atoms with Gasteiger partial charge in [0, 0.05) is 18.4 Å². The third kappa shape index (κ3) is 4.37. The van der Waals surface area contributed by atoms with Gasteiger partial charge < -0.3 is 9.30 Å². The van der Waals surface area contributed by atoms with Gasteiger partial charge in [-0.1, -0.05) is 48.2 Å². The average molecular weight is 379 g/mol. The van der Waals surface area contributed by atoms with Crippen LogP contribution >= 0.6 is 11.8 Å². The smallest absolute Gasteiger partial charge is 0.406 e. The zero-order valence-electron chi connectivity index (χ0n) is 14.1. The van der Waals surface area contributed by atoms with Gasteiger partial charge in [0.2, 0.25) is 0 Å². The summed E-state index contributed by atoms with van der Waals surface area (Å²) in [6, 6.07) is 13.7. The Morgan fingerprint density at radius 3 is 2.38 bits per heavy atom. The first-order chi connectivity index (χ1) is 12.3. The summed E-state index contributed by atoms with van der Waals surface area (Å²) in [5.41, 5.74) is 2.99. The summed E-state index contributed by atoms with van der Waals surface area (Å²) >= 11 is 1.47. The van der Waals surface area contributed by atoms with Gasteiger partial charge >= 0.3 is 6.36 Å². The standard InChI is InChI=1S/C18H16F3N3OS/c1-12-5-3-4-6-15(12)16-22-23-17(24(16)2)26-11-13-7-9-14(10-8-13)25-18(19,20)21/h3-10H,11H2,1-2H3. The number of nitrogens with zero attached hydrogens (tertiary/aromatic N) is 3. The average Bonchev–Trinajstić information content (AvgIpc) is 2.94. The van der Waals surface area contributed by atoms with Crippen LogP contribution < -0.4 is 4.74 Å². The number of aryl methyl sites for hydroxylation is 1. The van der Waals surface area contributed by atoms with E-state index in [4.69, 9.17) is 0 Å². The van der Waals surface area contributed by atoms with Crippen LogP contribution in [0.5, 0.6) is 5.75 Å². The van der Waals surface area contributed by atoms with Gasteiger partial charge in [-0.25, -0.2) is 0 Å². The van der Waals surface area contributed by atoms with Gasteiger partial charge in [-0.05, 0) is 30.2 Å². The fourth-order valence-corrected chi connectivity index (χ4v) is 3.30. The van der Waals surface area contributed by atoms with Gasteiger partial charge in [0.15, 0.2) is 11.0 Å². The zero-order chi connectivity index (χ0) is 18.7. The van der Waals surface area contributed by atoms with E-state index in [0.29, 0.717) is 5.75 Å². The van der Waals surface area contributed by atoms with Crippen LogP contribution in [0.4, 0.5) is 13.2 Å². The number of rotatable bonds is 5. The molecule has 1 aromatic heterocycles. The third-order valence-corrected chi connectivity index (χ3v) is 4.84. The second-order valence-electron chi connectivity index (χ2n) is 5.66. The first kappa shape index (κ1) is 18.3. The first-order valence-electron chi connectivity index (χ1n) is 7.76. The van der Waals surface area contributed by atoms with Crippen molar-refractivity contribution in [3.8, 4) is 17.1 Å². The minimum Gasteiger partial charge on any atom is -0.406 e. The molecule has 0 radical (unpaired) electrons. The van der Waals surface area contributed by atoms with Crippen LogP contribution in [0.2, 0.25) is 0 Å². The van der Waals surface area contributed by atoms with Gasteiger partial charge in [0.05, 0.1) is 0 Å². The molecule has 0 saturated heterocycles. The molecule has 1 heterocycles. The van der Waals surface area contributed by atoms with Gasteiger partial charge in [0.25, 0.3) is 0 Å². The van der Waals surface area contributed by atoms with Crippen LogP contribution in [0, 0.1) is 6.92 Å². The lowest BCUT2D eigenvalue weighted by Gasteiger charge is -2.09. The Morgan fingerprint density at radius 1 is 1.04 bits per heavy atom.